The van der Waals surface area contributed by atoms with Crippen molar-refractivity contribution in [2.24, 2.45) is 0 Å². The monoisotopic (exact) mass is 371 g/mol. The second kappa shape index (κ2) is 7.42. The van der Waals surface area contributed by atoms with Crippen molar-refractivity contribution in [3.63, 3.8) is 0 Å². The van der Waals surface area contributed by atoms with E-state index < -0.39 is 0 Å². The number of para-hydroxylation sites is 1. The summed E-state index contributed by atoms with van der Waals surface area (Å²) >= 11 is 7.54. The second-order valence-corrected chi connectivity index (χ2v) is 7.49. The Labute approximate surface area is 156 Å². The number of amides is 1. The zero-order valence-corrected chi connectivity index (χ0v) is 15.8. The third-order valence-corrected chi connectivity index (χ3v) is 5.37. The Morgan fingerprint density at radius 1 is 1.12 bits per heavy atom. The largest absolute Gasteiger partial charge is 0.325 e. The molecule has 1 N–H and O–H groups in total. The Balaban J connectivity index is 1.81. The van der Waals surface area contributed by atoms with Crippen LogP contribution in [0.25, 0.3) is 10.9 Å². The van der Waals surface area contributed by atoms with Crippen LogP contribution >= 0.6 is 23.4 Å². The number of carbonyl (C=O) groups excluding carboxylic acids is 1. The van der Waals surface area contributed by atoms with Crippen LogP contribution in [0.5, 0.6) is 0 Å². The molecule has 0 bridgehead atoms. The lowest BCUT2D eigenvalue weighted by molar-refractivity contribution is -0.115. The molecular formula is C19H18ClN3OS. The van der Waals surface area contributed by atoms with Gasteiger partial charge < -0.3 is 5.32 Å². The first-order chi connectivity index (χ1) is 12.0. The molecule has 3 aromatic rings. The zero-order valence-electron chi connectivity index (χ0n) is 14.2. The Morgan fingerprint density at radius 3 is 2.68 bits per heavy atom. The molecule has 1 heterocycles. The van der Waals surface area contributed by atoms with Gasteiger partial charge in [0.1, 0.15) is 10.9 Å². The number of nitrogens with zero attached hydrogens (tertiary/aromatic N) is 2. The van der Waals surface area contributed by atoms with E-state index in [9.17, 15) is 4.79 Å². The summed E-state index contributed by atoms with van der Waals surface area (Å²) in [7, 11) is 0. The SMILES string of the molecule is Cc1nc(SC(C)C(=O)Nc2cccc(Cl)c2C)c2ccccc2n1. The number of anilines is 1. The number of aryl methyl sites for hydroxylation is 1. The number of thioether (sulfide) groups is 1. The smallest absolute Gasteiger partial charge is 0.237 e. The molecule has 0 fully saturated rings. The number of halogens is 1. The molecule has 128 valence electrons. The van der Waals surface area contributed by atoms with E-state index in [1.54, 1.807) is 6.07 Å². The van der Waals surface area contributed by atoms with Gasteiger partial charge in [0.25, 0.3) is 0 Å². The molecule has 0 saturated carbocycles. The fourth-order valence-electron chi connectivity index (χ4n) is 2.45. The summed E-state index contributed by atoms with van der Waals surface area (Å²) in [5, 5.41) is 5.04. The van der Waals surface area contributed by atoms with Crippen molar-refractivity contribution in [3.8, 4) is 0 Å². The number of hydrogen-bond acceptors (Lipinski definition) is 4. The van der Waals surface area contributed by atoms with Crippen molar-refractivity contribution in [2.45, 2.75) is 31.0 Å². The van der Waals surface area contributed by atoms with Gasteiger partial charge in [-0.2, -0.15) is 0 Å². The standard InChI is InChI=1S/C19H18ClN3OS/c1-11-15(20)8-6-10-16(11)23-18(24)12(2)25-19-14-7-4-5-9-17(14)21-13(3)22-19/h4-10,12H,1-3H3,(H,23,24). The van der Waals surface area contributed by atoms with E-state index in [1.807, 2.05) is 57.2 Å². The molecule has 4 nitrogen and oxygen atoms in total. The van der Waals surface area contributed by atoms with Gasteiger partial charge in [-0.05, 0) is 44.5 Å². The third-order valence-electron chi connectivity index (χ3n) is 3.86. The predicted octanol–water partition coefficient (Wildman–Crippen LogP) is 5.02. The minimum absolute atomic E-state index is 0.0873. The van der Waals surface area contributed by atoms with Gasteiger partial charge in [-0.15, -0.1) is 0 Å². The van der Waals surface area contributed by atoms with Crippen molar-refractivity contribution in [2.75, 3.05) is 5.32 Å². The Bertz CT molecular complexity index is 945. The van der Waals surface area contributed by atoms with Crippen LogP contribution in [0.15, 0.2) is 47.5 Å². The van der Waals surface area contributed by atoms with E-state index in [1.165, 1.54) is 11.8 Å². The van der Waals surface area contributed by atoms with Crippen LogP contribution in [0.4, 0.5) is 5.69 Å². The van der Waals surface area contributed by atoms with Gasteiger partial charge in [0.05, 0.1) is 10.8 Å². The molecule has 0 aliphatic carbocycles. The van der Waals surface area contributed by atoms with Crippen LogP contribution in [0.1, 0.15) is 18.3 Å². The van der Waals surface area contributed by atoms with Gasteiger partial charge in [-0.3, -0.25) is 4.79 Å². The van der Waals surface area contributed by atoms with Crippen LogP contribution in [-0.2, 0) is 4.79 Å². The molecule has 0 aliphatic rings. The number of aromatic nitrogens is 2. The van der Waals surface area contributed by atoms with Gasteiger partial charge in [-0.1, -0.05) is 47.6 Å². The second-order valence-electron chi connectivity index (χ2n) is 5.75. The highest BCUT2D eigenvalue weighted by molar-refractivity contribution is 8.00. The molecule has 0 spiro atoms. The number of benzene rings is 2. The van der Waals surface area contributed by atoms with E-state index in [-0.39, 0.29) is 11.2 Å². The van der Waals surface area contributed by atoms with Gasteiger partial charge in [0, 0.05) is 16.1 Å². The van der Waals surface area contributed by atoms with Crippen molar-refractivity contribution < 1.29 is 4.79 Å². The first kappa shape index (κ1) is 17.7. The van der Waals surface area contributed by atoms with Crippen molar-refractivity contribution in [1.29, 1.82) is 0 Å². The number of fused-ring (bicyclic) bond motifs is 1. The molecule has 1 atom stereocenters. The summed E-state index contributed by atoms with van der Waals surface area (Å²) in [5.74, 6) is 0.607. The van der Waals surface area contributed by atoms with E-state index >= 15 is 0 Å². The summed E-state index contributed by atoms with van der Waals surface area (Å²) in [6.45, 7) is 5.61. The third kappa shape index (κ3) is 3.94. The number of carbonyl (C=O) groups is 1. The Hall–Kier alpha value is -2.11. The van der Waals surface area contributed by atoms with E-state index in [4.69, 9.17) is 11.6 Å². The molecular weight excluding hydrogens is 354 g/mol. The molecule has 0 radical (unpaired) electrons. The maximum absolute atomic E-state index is 12.6. The van der Waals surface area contributed by atoms with Gasteiger partial charge in [0.2, 0.25) is 5.91 Å². The Kier molecular flexibility index (Phi) is 5.25. The van der Waals surface area contributed by atoms with E-state index in [0.717, 1.165) is 27.2 Å². The molecule has 0 aliphatic heterocycles. The summed E-state index contributed by atoms with van der Waals surface area (Å²) < 4.78 is 0. The van der Waals surface area contributed by atoms with Gasteiger partial charge >= 0.3 is 0 Å². The number of nitrogens with one attached hydrogen (secondary N) is 1. The summed E-state index contributed by atoms with van der Waals surface area (Å²) in [6.07, 6.45) is 0. The fourth-order valence-corrected chi connectivity index (χ4v) is 3.61. The highest BCUT2D eigenvalue weighted by Crippen LogP contribution is 2.30. The van der Waals surface area contributed by atoms with Crippen LogP contribution in [0, 0.1) is 13.8 Å². The normalized spacial score (nSPS) is 12.2. The summed E-state index contributed by atoms with van der Waals surface area (Å²) in [5.41, 5.74) is 2.47. The van der Waals surface area contributed by atoms with Crippen molar-refractivity contribution in [1.82, 2.24) is 9.97 Å². The van der Waals surface area contributed by atoms with Crippen molar-refractivity contribution >= 4 is 45.9 Å². The molecule has 3 rings (SSSR count). The van der Waals surface area contributed by atoms with Crippen molar-refractivity contribution in [3.05, 3.63) is 58.9 Å². The molecule has 2 aromatic carbocycles. The topological polar surface area (TPSA) is 54.9 Å². The quantitative estimate of drug-likeness (QED) is 0.516. The first-order valence-electron chi connectivity index (χ1n) is 7.91. The summed E-state index contributed by atoms with van der Waals surface area (Å²) in [4.78, 5) is 21.5. The number of rotatable bonds is 4. The first-order valence-corrected chi connectivity index (χ1v) is 9.17. The predicted molar refractivity (Wildman–Crippen MR) is 104 cm³/mol. The number of hydrogen-bond donors (Lipinski definition) is 1. The zero-order chi connectivity index (χ0) is 18.0. The van der Waals surface area contributed by atoms with E-state index in [2.05, 4.69) is 15.3 Å². The average molecular weight is 372 g/mol. The van der Waals surface area contributed by atoms with Crippen LogP contribution < -0.4 is 5.32 Å². The lowest BCUT2D eigenvalue weighted by Crippen LogP contribution is -2.23. The van der Waals surface area contributed by atoms with Gasteiger partial charge in [0.15, 0.2) is 0 Å². The molecule has 1 unspecified atom stereocenters. The highest BCUT2D eigenvalue weighted by Gasteiger charge is 2.18. The van der Waals surface area contributed by atoms with Crippen LogP contribution in [0.3, 0.4) is 0 Å². The fraction of sp³-hybridized carbons (Fsp3) is 0.211. The van der Waals surface area contributed by atoms with Crippen LogP contribution in [0.2, 0.25) is 5.02 Å². The molecule has 1 aromatic heterocycles. The Morgan fingerprint density at radius 2 is 1.88 bits per heavy atom. The molecule has 6 heteroatoms. The minimum Gasteiger partial charge on any atom is -0.325 e. The lowest BCUT2D eigenvalue weighted by atomic mass is 10.2. The minimum atomic E-state index is -0.309. The lowest BCUT2D eigenvalue weighted by Gasteiger charge is -2.15. The summed E-state index contributed by atoms with van der Waals surface area (Å²) in [6, 6.07) is 13.3. The maximum Gasteiger partial charge on any atom is 0.237 e. The van der Waals surface area contributed by atoms with Gasteiger partial charge in [-0.25, -0.2) is 9.97 Å². The maximum atomic E-state index is 12.6. The van der Waals surface area contributed by atoms with E-state index in [0.29, 0.717) is 10.8 Å². The average Bonchev–Trinajstić information content (AvgIpc) is 2.58. The molecule has 1 amide bonds. The molecule has 0 saturated heterocycles. The highest BCUT2D eigenvalue weighted by atomic mass is 35.5. The van der Waals surface area contributed by atoms with Crippen LogP contribution in [-0.4, -0.2) is 21.1 Å². The molecule has 25 heavy (non-hydrogen) atoms.